The van der Waals surface area contributed by atoms with Crippen LogP contribution in [0.5, 0.6) is 0 Å². The molecular weight excluding hydrogens is 176 g/mol. The quantitative estimate of drug-likeness (QED) is 0.701. The number of hydrogen-bond acceptors (Lipinski definition) is 2. The molecule has 3 nitrogen and oxygen atoms in total. The van der Waals surface area contributed by atoms with Gasteiger partial charge in [0.2, 0.25) is 5.91 Å². The summed E-state index contributed by atoms with van der Waals surface area (Å²) in [5, 5.41) is 6.37. The maximum atomic E-state index is 11.2. The molecular formula is C11H20N2O. The first-order valence-corrected chi connectivity index (χ1v) is 5.75. The minimum atomic E-state index is 0.246. The minimum absolute atomic E-state index is 0.246. The molecule has 2 atom stereocenters. The van der Waals surface area contributed by atoms with Gasteiger partial charge in [0.05, 0.1) is 0 Å². The monoisotopic (exact) mass is 196 g/mol. The average Bonchev–Trinajstić information content (AvgIpc) is 2.48. The van der Waals surface area contributed by atoms with Gasteiger partial charge < -0.3 is 10.6 Å². The predicted octanol–water partition coefficient (Wildman–Crippen LogP) is 0.901. The lowest BCUT2D eigenvalue weighted by Crippen LogP contribution is -2.43. The number of rotatable bonds is 4. The van der Waals surface area contributed by atoms with E-state index in [0.29, 0.717) is 12.0 Å². The Labute approximate surface area is 85.6 Å². The largest absolute Gasteiger partial charge is 0.353 e. The molecule has 2 N–H and O–H groups in total. The SMILES string of the molecule is CNCC(C1CCC1)C1CCC(=O)N1. The highest BCUT2D eigenvalue weighted by atomic mass is 16.1. The third-order valence-corrected chi connectivity index (χ3v) is 3.74. The summed E-state index contributed by atoms with van der Waals surface area (Å²) < 4.78 is 0. The van der Waals surface area contributed by atoms with E-state index in [2.05, 4.69) is 10.6 Å². The zero-order valence-corrected chi connectivity index (χ0v) is 8.88. The van der Waals surface area contributed by atoms with Gasteiger partial charge in [-0.1, -0.05) is 19.3 Å². The van der Waals surface area contributed by atoms with Crippen LogP contribution in [0.4, 0.5) is 0 Å². The van der Waals surface area contributed by atoms with E-state index in [4.69, 9.17) is 0 Å². The molecule has 2 rings (SSSR count). The molecule has 1 heterocycles. The lowest BCUT2D eigenvalue weighted by atomic mass is 9.72. The maximum absolute atomic E-state index is 11.2. The Hall–Kier alpha value is -0.570. The maximum Gasteiger partial charge on any atom is 0.220 e. The number of nitrogens with one attached hydrogen (secondary N) is 2. The second-order valence-electron chi connectivity index (χ2n) is 4.63. The lowest BCUT2D eigenvalue weighted by Gasteiger charge is -2.37. The van der Waals surface area contributed by atoms with E-state index < -0.39 is 0 Å². The van der Waals surface area contributed by atoms with Gasteiger partial charge in [-0.25, -0.2) is 0 Å². The van der Waals surface area contributed by atoms with Gasteiger partial charge in [0.15, 0.2) is 0 Å². The molecule has 1 saturated heterocycles. The highest BCUT2D eigenvalue weighted by molar-refractivity contribution is 5.78. The van der Waals surface area contributed by atoms with Crippen molar-refractivity contribution in [3.8, 4) is 0 Å². The molecule has 2 aliphatic rings. The third-order valence-electron chi connectivity index (χ3n) is 3.74. The van der Waals surface area contributed by atoms with Gasteiger partial charge >= 0.3 is 0 Å². The van der Waals surface area contributed by atoms with Crippen molar-refractivity contribution in [1.29, 1.82) is 0 Å². The van der Waals surface area contributed by atoms with Gasteiger partial charge in [0.25, 0.3) is 0 Å². The summed E-state index contributed by atoms with van der Waals surface area (Å²) in [4.78, 5) is 11.2. The van der Waals surface area contributed by atoms with Crippen LogP contribution in [0.25, 0.3) is 0 Å². The van der Waals surface area contributed by atoms with Crippen LogP contribution in [0, 0.1) is 11.8 Å². The molecule has 0 aromatic carbocycles. The van der Waals surface area contributed by atoms with Crippen molar-refractivity contribution in [1.82, 2.24) is 10.6 Å². The summed E-state index contributed by atoms with van der Waals surface area (Å²) in [6, 6.07) is 0.445. The molecule has 0 aromatic rings. The van der Waals surface area contributed by atoms with E-state index in [9.17, 15) is 4.79 Å². The van der Waals surface area contributed by atoms with Crippen LogP contribution in [0.15, 0.2) is 0 Å². The highest BCUT2D eigenvalue weighted by Gasteiger charge is 2.35. The smallest absolute Gasteiger partial charge is 0.220 e. The van der Waals surface area contributed by atoms with Crippen molar-refractivity contribution in [3.63, 3.8) is 0 Å². The first kappa shape index (κ1) is 9.97. The van der Waals surface area contributed by atoms with Crippen LogP contribution < -0.4 is 10.6 Å². The zero-order valence-electron chi connectivity index (χ0n) is 8.88. The lowest BCUT2D eigenvalue weighted by molar-refractivity contribution is -0.119. The van der Waals surface area contributed by atoms with E-state index in [1.165, 1.54) is 19.3 Å². The number of amides is 1. The highest BCUT2D eigenvalue weighted by Crippen LogP contribution is 2.36. The molecule has 1 amide bonds. The van der Waals surface area contributed by atoms with Crippen molar-refractivity contribution in [2.24, 2.45) is 11.8 Å². The summed E-state index contributed by atoms with van der Waals surface area (Å²) >= 11 is 0. The van der Waals surface area contributed by atoms with E-state index in [-0.39, 0.29) is 5.91 Å². The van der Waals surface area contributed by atoms with Crippen LogP contribution >= 0.6 is 0 Å². The Balaban J connectivity index is 1.91. The van der Waals surface area contributed by atoms with E-state index >= 15 is 0 Å². The Kier molecular flexibility index (Phi) is 3.06. The first-order valence-electron chi connectivity index (χ1n) is 5.75. The zero-order chi connectivity index (χ0) is 9.97. The number of hydrogen-bond donors (Lipinski definition) is 2. The predicted molar refractivity (Wildman–Crippen MR) is 55.9 cm³/mol. The average molecular weight is 196 g/mol. The molecule has 1 aliphatic heterocycles. The molecule has 2 unspecified atom stereocenters. The Morgan fingerprint density at radius 3 is 2.71 bits per heavy atom. The minimum Gasteiger partial charge on any atom is -0.353 e. The number of carbonyl (C=O) groups excluding carboxylic acids is 1. The van der Waals surface area contributed by atoms with Crippen LogP contribution in [0.3, 0.4) is 0 Å². The molecule has 0 radical (unpaired) electrons. The van der Waals surface area contributed by atoms with Crippen molar-refractivity contribution in [3.05, 3.63) is 0 Å². The summed E-state index contributed by atoms with van der Waals surface area (Å²) in [6.07, 6.45) is 5.88. The van der Waals surface area contributed by atoms with Gasteiger partial charge in [0.1, 0.15) is 0 Å². The summed E-state index contributed by atoms with van der Waals surface area (Å²) in [7, 11) is 2.00. The molecule has 0 bridgehead atoms. The fourth-order valence-electron chi connectivity index (χ4n) is 2.70. The van der Waals surface area contributed by atoms with E-state index in [1.54, 1.807) is 0 Å². The van der Waals surface area contributed by atoms with Gasteiger partial charge in [-0.05, 0) is 31.8 Å². The molecule has 80 valence electrons. The molecule has 3 heteroatoms. The second-order valence-corrected chi connectivity index (χ2v) is 4.63. The van der Waals surface area contributed by atoms with Gasteiger partial charge in [-0.15, -0.1) is 0 Å². The van der Waals surface area contributed by atoms with Gasteiger partial charge in [-0.2, -0.15) is 0 Å². The first-order chi connectivity index (χ1) is 6.81. The summed E-state index contributed by atoms with van der Waals surface area (Å²) in [5.74, 6) is 1.77. The Bertz CT molecular complexity index is 213. The standard InChI is InChI=1S/C11H20N2O/c1-12-7-9(8-3-2-4-8)10-5-6-11(14)13-10/h8-10,12H,2-7H2,1H3,(H,13,14). The number of carbonyl (C=O) groups is 1. The molecule has 0 spiro atoms. The van der Waals surface area contributed by atoms with Crippen molar-refractivity contribution in [2.45, 2.75) is 38.1 Å². The van der Waals surface area contributed by atoms with Gasteiger partial charge in [0, 0.05) is 12.5 Å². The Morgan fingerprint density at radius 1 is 1.50 bits per heavy atom. The van der Waals surface area contributed by atoms with E-state index in [0.717, 1.165) is 25.3 Å². The summed E-state index contributed by atoms with van der Waals surface area (Å²) in [5.41, 5.74) is 0. The van der Waals surface area contributed by atoms with Crippen molar-refractivity contribution in [2.75, 3.05) is 13.6 Å². The molecule has 1 saturated carbocycles. The summed E-state index contributed by atoms with van der Waals surface area (Å²) in [6.45, 7) is 1.05. The fourth-order valence-corrected chi connectivity index (χ4v) is 2.70. The molecule has 1 aliphatic carbocycles. The normalized spacial score (nSPS) is 29.8. The Morgan fingerprint density at radius 2 is 2.29 bits per heavy atom. The molecule has 0 aromatic heterocycles. The van der Waals surface area contributed by atoms with Crippen molar-refractivity contribution < 1.29 is 4.79 Å². The van der Waals surface area contributed by atoms with Crippen LogP contribution in [-0.2, 0) is 4.79 Å². The van der Waals surface area contributed by atoms with Gasteiger partial charge in [-0.3, -0.25) is 4.79 Å². The van der Waals surface area contributed by atoms with Crippen LogP contribution in [-0.4, -0.2) is 25.5 Å². The topological polar surface area (TPSA) is 41.1 Å². The third kappa shape index (κ3) is 1.92. The second kappa shape index (κ2) is 4.30. The fraction of sp³-hybridized carbons (Fsp3) is 0.909. The van der Waals surface area contributed by atoms with Crippen LogP contribution in [0.2, 0.25) is 0 Å². The molecule has 14 heavy (non-hydrogen) atoms. The van der Waals surface area contributed by atoms with E-state index in [1.807, 2.05) is 7.05 Å². The molecule has 2 fully saturated rings. The van der Waals surface area contributed by atoms with Crippen molar-refractivity contribution >= 4 is 5.91 Å². The van der Waals surface area contributed by atoms with Crippen LogP contribution in [0.1, 0.15) is 32.1 Å².